The van der Waals surface area contributed by atoms with E-state index in [0.29, 0.717) is 0 Å². The van der Waals surface area contributed by atoms with Gasteiger partial charge in [0.25, 0.3) is 0 Å². The van der Waals surface area contributed by atoms with Crippen LogP contribution in [0, 0.1) is 0 Å². The van der Waals surface area contributed by atoms with Crippen molar-refractivity contribution in [2.45, 2.75) is 0 Å². The fraction of sp³-hybridized carbons (Fsp3) is 0. The Hall–Kier alpha value is 2.91. The fourth-order valence-electron chi connectivity index (χ4n) is 0. The molecule has 0 heterocycles. The van der Waals surface area contributed by atoms with Crippen molar-refractivity contribution in [3.63, 3.8) is 0 Å². The molecule has 0 nitrogen and oxygen atoms in total. The summed E-state index contributed by atoms with van der Waals surface area (Å²) >= 11 is 0. The van der Waals surface area contributed by atoms with E-state index in [1.54, 1.807) is 0 Å². The van der Waals surface area contributed by atoms with E-state index in [-0.39, 0.29) is 88.9 Å². The third-order valence-electron chi connectivity index (χ3n) is 0. The van der Waals surface area contributed by atoms with Crippen LogP contribution >= 0.6 is 0 Å². The Labute approximate surface area is 87.3 Å². The number of hydrogen-bond acceptors (Lipinski definition) is 0. The molecule has 0 atom stereocenters. The Bertz CT molecular complexity index is 8.00. The van der Waals surface area contributed by atoms with E-state index < -0.39 is 0 Å². The Kier molecular flexibility index (Phi) is 120. The van der Waals surface area contributed by atoms with Crippen LogP contribution in [0.15, 0.2) is 0 Å². The molecule has 0 aliphatic carbocycles. The van der Waals surface area contributed by atoms with E-state index in [1.165, 1.54) is 0 Å². The molecule has 0 aromatic heterocycles. The first-order valence-electron chi connectivity index (χ1n) is 0. The number of hydrogen-bond donors (Lipinski definition) is 0. The van der Waals surface area contributed by atoms with Crippen LogP contribution in [0.2, 0.25) is 0 Å². The predicted octanol–water partition coefficient (Wildman–Crippen LogP) is -1.14. The van der Waals surface area contributed by atoms with Crippen LogP contribution in [-0.2, 0) is 19.5 Å². The van der Waals surface area contributed by atoms with Crippen LogP contribution in [-0.4, -0.2) is 69.4 Å². The van der Waals surface area contributed by atoms with Crippen LogP contribution in [0.1, 0.15) is 0 Å². The average Bonchev–Trinajstić information content (AvgIpc) is 0. The summed E-state index contributed by atoms with van der Waals surface area (Å²) < 4.78 is 0. The van der Waals surface area contributed by atoms with Gasteiger partial charge >= 0.3 is 0 Å². The Balaban J connectivity index is 0. The van der Waals surface area contributed by atoms with Crippen molar-refractivity contribution in [1.29, 1.82) is 0 Å². The second-order valence-corrected chi connectivity index (χ2v) is 0. The summed E-state index contributed by atoms with van der Waals surface area (Å²) in [6, 6.07) is 0. The van der Waals surface area contributed by atoms with Gasteiger partial charge in [0.1, 0.15) is 0 Å². The first kappa shape index (κ1) is 28.5. The Morgan fingerprint density at radius 1 is 1.00 bits per heavy atom. The molecule has 0 N–H and O–H groups in total. The summed E-state index contributed by atoms with van der Waals surface area (Å²) in [4.78, 5) is 0. The summed E-state index contributed by atoms with van der Waals surface area (Å²) in [5.74, 6) is 0. The van der Waals surface area contributed by atoms with E-state index in [0.717, 1.165) is 0 Å². The molecule has 0 aliphatic heterocycles. The van der Waals surface area contributed by atoms with Crippen LogP contribution < -0.4 is 0 Å². The molecule has 13 valence electrons. The molecule has 0 fully saturated rings. The average molecular weight is 416 g/mol. The predicted molar refractivity (Wildman–Crippen MR) is 17.3 cm³/mol. The second kappa shape index (κ2) is 16.8. The van der Waals surface area contributed by atoms with Gasteiger partial charge in [-0.3, -0.25) is 0 Å². The smallest absolute Gasteiger partial charge is 0 e. The van der Waals surface area contributed by atoms with Crippen molar-refractivity contribution in [1.82, 2.24) is 0 Å². The maximum Gasteiger partial charge on any atom is 0 e. The van der Waals surface area contributed by atoms with Gasteiger partial charge in [0.15, 0.2) is 0 Å². The molecule has 9 radical (unpaired) electrons. The molecule has 0 aromatic carbocycles. The summed E-state index contributed by atoms with van der Waals surface area (Å²) in [7, 11) is 0. The molecule has 0 unspecified atom stereocenters. The van der Waals surface area contributed by atoms with Crippen molar-refractivity contribution >= 4 is 69.4 Å². The summed E-state index contributed by atoms with van der Waals surface area (Å²) in [6.45, 7) is 0. The third kappa shape index (κ3) is 8.86. The van der Waals surface area contributed by atoms with Crippen molar-refractivity contribution in [2.24, 2.45) is 0 Å². The quantitative estimate of drug-likeness (QED) is 0.438. The maximum atomic E-state index is 0. The zero-order valence-corrected chi connectivity index (χ0v) is 13.2. The van der Waals surface area contributed by atoms with Crippen molar-refractivity contribution < 1.29 is 19.5 Å². The van der Waals surface area contributed by atoms with E-state index in [2.05, 4.69) is 0 Å². The van der Waals surface area contributed by atoms with Crippen LogP contribution in [0.5, 0.6) is 0 Å². The molecular weight excluding hydrogens is 416 g/mol. The zero-order valence-electron chi connectivity index (χ0n) is 2.31. The van der Waals surface area contributed by atoms with Crippen LogP contribution in [0.3, 0.4) is 0 Å². The summed E-state index contributed by atoms with van der Waals surface area (Å²) in [5.41, 5.74) is 0. The van der Waals surface area contributed by atoms with Gasteiger partial charge in [-0.1, -0.05) is 0 Å². The Morgan fingerprint density at radius 3 is 1.00 bits per heavy atom. The molecule has 0 saturated carbocycles. The topological polar surface area (TPSA) is 0 Å². The first-order valence-corrected chi connectivity index (χ1v) is 0. The summed E-state index contributed by atoms with van der Waals surface area (Å²) in [6.07, 6.45) is 0. The standard InChI is InChI=1S/Al.Bi.In.Zn. The van der Waals surface area contributed by atoms with Gasteiger partial charge in [-0.2, -0.15) is 0 Å². The van der Waals surface area contributed by atoms with Gasteiger partial charge in [0, 0.05) is 88.9 Å². The van der Waals surface area contributed by atoms with Crippen LogP contribution in [0.25, 0.3) is 0 Å². The van der Waals surface area contributed by atoms with Gasteiger partial charge in [0.2, 0.25) is 0 Å². The van der Waals surface area contributed by atoms with Gasteiger partial charge in [0.05, 0.1) is 0 Å². The van der Waals surface area contributed by atoms with E-state index >= 15 is 0 Å². The van der Waals surface area contributed by atoms with Gasteiger partial charge in [-0.15, -0.1) is 0 Å². The maximum absolute atomic E-state index is 0. The van der Waals surface area contributed by atoms with E-state index in [4.69, 9.17) is 0 Å². The molecule has 4 heteroatoms. The first-order chi connectivity index (χ1) is 0. The minimum absolute atomic E-state index is 0. The fourth-order valence-corrected chi connectivity index (χ4v) is 0. The minimum Gasteiger partial charge on any atom is 0 e. The summed E-state index contributed by atoms with van der Waals surface area (Å²) in [5, 5.41) is 0. The molecule has 0 rings (SSSR count). The van der Waals surface area contributed by atoms with Gasteiger partial charge in [-0.05, 0) is 0 Å². The van der Waals surface area contributed by atoms with E-state index in [9.17, 15) is 0 Å². The second-order valence-electron chi connectivity index (χ2n) is 0. The largest absolute Gasteiger partial charge is 0 e. The van der Waals surface area contributed by atoms with Crippen LogP contribution in [0.4, 0.5) is 0 Å². The van der Waals surface area contributed by atoms with E-state index in [1.807, 2.05) is 0 Å². The normalized spacial score (nSPS) is 0. The third-order valence-corrected chi connectivity index (χ3v) is 0. The molecular formula is AlBiInZn. The molecule has 0 aliphatic rings. The zero-order chi connectivity index (χ0) is 0. The number of rotatable bonds is 0. The van der Waals surface area contributed by atoms with Gasteiger partial charge in [-0.25, -0.2) is 0 Å². The van der Waals surface area contributed by atoms with Gasteiger partial charge < -0.3 is 0 Å². The van der Waals surface area contributed by atoms with Crippen molar-refractivity contribution in [2.75, 3.05) is 0 Å². The monoisotopic (exact) mass is 415 g/mol. The van der Waals surface area contributed by atoms with Crippen molar-refractivity contribution in [3.05, 3.63) is 0 Å². The molecule has 0 aromatic rings. The molecule has 0 amide bonds. The molecule has 0 saturated heterocycles. The molecule has 4 heavy (non-hydrogen) atoms. The minimum atomic E-state index is 0. The van der Waals surface area contributed by atoms with Crippen molar-refractivity contribution in [3.8, 4) is 0 Å². The molecule has 0 bridgehead atoms. The molecule has 0 spiro atoms. The SMILES string of the molecule is [Al].[Bi].[In].[Zn]. The Morgan fingerprint density at radius 2 is 1.00 bits per heavy atom.